The molecule has 3 heteroatoms. The zero-order valence-corrected chi connectivity index (χ0v) is 9.66. The van der Waals surface area contributed by atoms with Gasteiger partial charge in [-0.2, -0.15) is 4.98 Å². The third-order valence-corrected chi connectivity index (χ3v) is 2.73. The first-order chi connectivity index (χ1) is 7.07. The average molecular weight is 206 g/mol. The van der Waals surface area contributed by atoms with Crippen LogP contribution in [0.15, 0.2) is 16.7 Å². The summed E-state index contributed by atoms with van der Waals surface area (Å²) in [5.41, 5.74) is -0.0216. The number of aromatic nitrogens is 2. The SMILES string of the molecule is CC(C)(C)c1noc(C2CC=CCC2)n1. The van der Waals surface area contributed by atoms with Crippen LogP contribution < -0.4 is 0 Å². The molecule has 2 rings (SSSR count). The molecule has 1 heterocycles. The first-order valence-electron chi connectivity index (χ1n) is 5.56. The van der Waals surface area contributed by atoms with Crippen LogP contribution in [-0.4, -0.2) is 10.1 Å². The molecule has 0 fully saturated rings. The van der Waals surface area contributed by atoms with E-state index >= 15 is 0 Å². The Balaban J connectivity index is 2.16. The summed E-state index contributed by atoms with van der Waals surface area (Å²) in [4.78, 5) is 4.49. The van der Waals surface area contributed by atoms with Crippen molar-refractivity contribution in [2.75, 3.05) is 0 Å². The lowest BCUT2D eigenvalue weighted by Crippen LogP contribution is -2.13. The van der Waals surface area contributed by atoms with Crippen LogP contribution in [0.2, 0.25) is 0 Å². The van der Waals surface area contributed by atoms with Crippen molar-refractivity contribution in [1.82, 2.24) is 10.1 Å². The van der Waals surface area contributed by atoms with Crippen LogP contribution >= 0.6 is 0 Å². The summed E-state index contributed by atoms with van der Waals surface area (Å²) in [6.45, 7) is 6.30. The van der Waals surface area contributed by atoms with Gasteiger partial charge in [0.25, 0.3) is 0 Å². The van der Waals surface area contributed by atoms with Crippen molar-refractivity contribution in [2.24, 2.45) is 0 Å². The standard InChI is InChI=1S/C12H18N2O/c1-12(2,3)11-13-10(15-14-11)9-7-5-4-6-8-9/h4-5,9H,6-8H2,1-3H3. The van der Waals surface area contributed by atoms with Gasteiger partial charge in [-0.05, 0) is 19.3 Å². The summed E-state index contributed by atoms with van der Waals surface area (Å²) in [5, 5.41) is 4.05. The highest BCUT2D eigenvalue weighted by molar-refractivity contribution is 5.06. The van der Waals surface area contributed by atoms with Crippen LogP contribution in [0.25, 0.3) is 0 Å². The Bertz CT molecular complexity index is 360. The van der Waals surface area contributed by atoms with Crippen LogP contribution in [0.3, 0.4) is 0 Å². The molecular formula is C12H18N2O. The molecule has 1 unspecified atom stereocenters. The van der Waals surface area contributed by atoms with Crippen molar-refractivity contribution >= 4 is 0 Å². The highest BCUT2D eigenvalue weighted by atomic mass is 16.5. The van der Waals surface area contributed by atoms with E-state index in [1.165, 1.54) is 0 Å². The number of hydrogen-bond donors (Lipinski definition) is 0. The van der Waals surface area contributed by atoms with Gasteiger partial charge in [-0.1, -0.05) is 38.1 Å². The Kier molecular flexibility index (Phi) is 2.63. The van der Waals surface area contributed by atoms with Crippen LogP contribution in [-0.2, 0) is 5.41 Å². The molecule has 0 radical (unpaired) electrons. The van der Waals surface area contributed by atoms with Gasteiger partial charge in [0.05, 0.1) is 0 Å². The number of hydrogen-bond acceptors (Lipinski definition) is 3. The Morgan fingerprint density at radius 3 is 2.67 bits per heavy atom. The summed E-state index contributed by atoms with van der Waals surface area (Å²) in [6, 6.07) is 0. The lowest BCUT2D eigenvalue weighted by molar-refractivity contribution is 0.335. The monoisotopic (exact) mass is 206 g/mol. The van der Waals surface area contributed by atoms with E-state index in [-0.39, 0.29) is 5.41 Å². The lowest BCUT2D eigenvalue weighted by Gasteiger charge is -2.13. The topological polar surface area (TPSA) is 38.9 Å². The van der Waals surface area contributed by atoms with Crippen molar-refractivity contribution < 1.29 is 4.52 Å². The van der Waals surface area contributed by atoms with Gasteiger partial charge in [-0.3, -0.25) is 0 Å². The van der Waals surface area contributed by atoms with Crippen molar-refractivity contribution in [3.8, 4) is 0 Å². The summed E-state index contributed by atoms with van der Waals surface area (Å²) >= 11 is 0. The minimum atomic E-state index is -0.0216. The maximum atomic E-state index is 5.34. The van der Waals surface area contributed by atoms with E-state index in [1.807, 2.05) is 0 Å². The molecule has 0 saturated heterocycles. The first kappa shape index (κ1) is 10.4. The van der Waals surface area contributed by atoms with Gasteiger partial charge in [-0.25, -0.2) is 0 Å². The fraction of sp³-hybridized carbons (Fsp3) is 0.667. The van der Waals surface area contributed by atoms with Gasteiger partial charge in [0.2, 0.25) is 5.89 Å². The smallest absolute Gasteiger partial charge is 0.230 e. The molecule has 0 saturated carbocycles. The molecule has 82 valence electrons. The molecular weight excluding hydrogens is 188 g/mol. The molecule has 1 aromatic heterocycles. The van der Waals surface area contributed by atoms with E-state index in [1.54, 1.807) is 0 Å². The molecule has 0 spiro atoms. The summed E-state index contributed by atoms with van der Waals surface area (Å²) < 4.78 is 5.34. The molecule has 1 aromatic rings. The van der Waals surface area contributed by atoms with Crippen LogP contribution in [0.1, 0.15) is 57.7 Å². The molecule has 1 atom stereocenters. The first-order valence-corrected chi connectivity index (χ1v) is 5.56. The lowest BCUT2D eigenvalue weighted by atomic mass is 9.93. The Morgan fingerprint density at radius 1 is 1.33 bits per heavy atom. The van der Waals surface area contributed by atoms with E-state index in [2.05, 4.69) is 43.1 Å². The second-order valence-electron chi connectivity index (χ2n) is 5.19. The second kappa shape index (κ2) is 3.80. The molecule has 1 aliphatic carbocycles. The molecule has 1 aliphatic rings. The fourth-order valence-corrected chi connectivity index (χ4v) is 1.72. The minimum Gasteiger partial charge on any atom is -0.339 e. The average Bonchev–Trinajstić information content (AvgIpc) is 2.67. The minimum absolute atomic E-state index is 0.0216. The van der Waals surface area contributed by atoms with Crippen LogP contribution in [0.4, 0.5) is 0 Å². The third kappa shape index (κ3) is 2.28. The van der Waals surface area contributed by atoms with Gasteiger partial charge >= 0.3 is 0 Å². The van der Waals surface area contributed by atoms with Crippen molar-refractivity contribution in [1.29, 1.82) is 0 Å². The second-order valence-corrected chi connectivity index (χ2v) is 5.19. The highest BCUT2D eigenvalue weighted by Crippen LogP contribution is 2.29. The zero-order chi connectivity index (χ0) is 10.9. The normalized spacial score (nSPS) is 21.9. The van der Waals surface area contributed by atoms with Crippen molar-refractivity contribution in [2.45, 2.75) is 51.4 Å². The fourth-order valence-electron chi connectivity index (χ4n) is 1.72. The largest absolute Gasteiger partial charge is 0.339 e. The maximum absolute atomic E-state index is 5.34. The number of allylic oxidation sites excluding steroid dienone is 2. The van der Waals surface area contributed by atoms with Crippen molar-refractivity contribution in [3.63, 3.8) is 0 Å². The van der Waals surface area contributed by atoms with Gasteiger partial charge < -0.3 is 4.52 Å². The van der Waals surface area contributed by atoms with Crippen molar-refractivity contribution in [3.05, 3.63) is 23.9 Å². The van der Waals surface area contributed by atoms with Gasteiger partial charge in [0, 0.05) is 11.3 Å². The van der Waals surface area contributed by atoms with Crippen LogP contribution in [0.5, 0.6) is 0 Å². The van der Waals surface area contributed by atoms with E-state index in [0.29, 0.717) is 5.92 Å². The molecule has 0 aliphatic heterocycles. The van der Waals surface area contributed by atoms with E-state index in [4.69, 9.17) is 4.52 Å². The summed E-state index contributed by atoms with van der Waals surface area (Å²) in [6.07, 6.45) is 7.71. The summed E-state index contributed by atoms with van der Waals surface area (Å²) in [5.74, 6) is 2.05. The Hall–Kier alpha value is -1.12. The Labute approximate surface area is 90.6 Å². The predicted octanol–water partition coefficient (Wildman–Crippen LogP) is 3.19. The van der Waals surface area contributed by atoms with E-state index in [0.717, 1.165) is 31.0 Å². The van der Waals surface area contributed by atoms with Crippen LogP contribution in [0, 0.1) is 0 Å². The zero-order valence-electron chi connectivity index (χ0n) is 9.66. The van der Waals surface area contributed by atoms with Gasteiger partial charge in [0.15, 0.2) is 5.82 Å². The van der Waals surface area contributed by atoms with E-state index in [9.17, 15) is 0 Å². The maximum Gasteiger partial charge on any atom is 0.230 e. The van der Waals surface area contributed by atoms with E-state index < -0.39 is 0 Å². The third-order valence-electron chi connectivity index (χ3n) is 2.73. The molecule has 0 aromatic carbocycles. The van der Waals surface area contributed by atoms with Gasteiger partial charge in [0.1, 0.15) is 0 Å². The molecule has 15 heavy (non-hydrogen) atoms. The quantitative estimate of drug-likeness (QED) is 0.662. The molecule has 0 bridgehead atoms. The highest BCUT2D eigenvalue weighted by Gasteiger charge is 2.24. The number of nitrogens with zero attached hydrogens (tertiary/aromatic N) is 2. The van der Waals surface area contributed by atoms with Gasteiger partial charge in [-0.15, -0.1) is 0 Å². The Morgan fingerprint density at radius 2 is 2.13 bits per heavy atom. The number of rotatable bonds is 1. The predicted molar refractivity (Wildman–Crippen MR) is 58.7 cm³/mol. The molecule has 0 N–H and O–H groups in total. The summed E-state index contributed by atoms with van der Waals surface area (Å²) in [7, 11) is 0. The molecule has 3 nitrogen and oxygen atoms in total. The molecule has 0 amide bonds.